The zero-order chi connectivity index (χ0) is 17.1. The fourth-order valence-corrected chi connectivity index (χ4v) is 3.72. The number of nitrogens with one attached hydrogen (secondary N) is 1. The monoisotopic (exact) mass is 362 g/mol. The summed E-state index contributed by atoms with van der Waals surface area (Å²) in [5, 5.41) is 14.3. The molecular formula is C17H19ClN4OS. The Morgan fingerprint density at radius 2 is 2.21 bits per heavy atom. The smallest absolute Gasteiger partial charge is 0.128 e. The summed E-state index contributed by atoms with van der Waals surface area (Å²) in [7, 11) is 2.09. The minimum atomic E-state index is -0.0723. The van der Waals surface area contributed by atoms with Crippen LogP contribution in [0.3, 0.4) is 0 Å². The summed E-state index contributed by atoms with van der Waals surface area (Å²) in [4.78, 5) is 2.25. The third-order valence-corrected chi connectivity index (χ3v) is 5.28. The second-order valence-electron chi connectivity index (χ2n) is 5.93. The topological polar surface area (TPSA) is 61.2 Å². The highest BCUT2D eigenvalue weighted by Crippen LogP contribution is 2.32. The first-order chi connectivity index (χ1) is 11.6. The van der Waals surface area contributed by atoms with E-state index in [1.807, 2.05) is 31.2 Å². The molecule has 2 unspecified atom stereocenters. The molecule has 3 rings (SSSR count). The number of likely N-dealkylation sites (N-methyl/N-ethyl adjacent to an activating group) is 1. The van der Waals surface area contributed by atoms with Crippen LogP contribution in [0.2, 0.25) is 5.02 Å². The van der Waals surface area contributed by atoms with Gasteiger partial charge in [-0.2, -0.15) is 9.64 Å². The van der Waals surface area contributed by atoms with Crippen molar-refractivity contribution in [3.8, 4) is 6.07 Å². The summed E-state index contributed by atoms with van der Waals surface area (Å²) < 4.78 is 10.3. The summed E-state index contributed by atoms with van der Waals surface area (Å²) in [6.07, 6.45) is -0.0149. The molecule has 0 radical (unpaired) electrons. The van der Waals surface area contributed by atoms with Gasteiger partial charge in [0.2, 0.25) is 0 Å². The van der Waals surface area contributed by atoms with Crippen LogP contribution in [0.15, 0.2) is 24.3 Å². The quantitative estimate of drug-likeness (QED) is 0.902. The molecule has 2 atom stereocenters. The maximum atomic E-state index is 9.38. The fourth-order valence-electron chi connectivity index (χ4n) is 2.81. The van der Waals surface area contributed by atoms with E-state index < -0.39 is 0 Å². The predicted molar refractivity (Wildman–Crippen MR) is 96.6 cm³/mol. The molecule has 1 fully saturated rings. The second kappa shape index (κ2) is 7.49. The van der Waals surface area contributed by atoms with Gasteiger partial charge in [0.15, 0.2) is 0 Å². The lowest BCUT2D eigenvalue weighted by molar-refractivity contribution is -0.0291. The molecular weight excluding hydrogens is 344 g/mol. The molecule has 5 nitrogen and oxygen atoms in total. The molecule has 126 valence electrons. The third-order valence-electron chi connectivity index (χ3n) is 4.16. The Hall–Kier alpha value is -1.65. The lowest BCUT2D eigenvalue weighted by Gasteiger charge is -2.36. The van der Waals surface area contributed by atoms with Gasteiger partial charge < -0.3 is 15.0 Å². The van der Waals surface area contributed by atoms with E-state index in [1.165, 1.54) is 11.5 Å². The molecule has 1 aromatic heterocycles. The Morgan fingerprint density at radius 3 is 2.88 bits per heavy atom. The van der Waals surface area contributed by atoms with Gasteiger partial charge >= 0.3 is 0 Å². The minimum absolute atomic E-state index is 0.0149. The van der Waals surface area contributed by atoms with Gasteiger partial charge in [0.05, 0.1) is 24.4 Å². The minimum Gasteiger partial charge on any atom is -0.373 e. The molecule has 2 aromatic rings. The number of aromatic nitrogens is 1. The number of nitrogens with zero attached hydrogens (tertiary/aromatic N) is 3. The Balaban J connectivity index is 1.92. The van der Waals surface area contributed by atoms with Crippen molar-refractivity contribution in [1.82, 2.24) is 9.27 Å². The zero-order valence-corrected chi connectivity index (χ0v) is 15.2. The van der Waals surface area contributed by atoms with E-state index in [1.54, 1.807) is 0 Å². The van der Waals surface area contributed by atoms with Crippen molar-refractivity contribution < 1.29 is 4.74 Å². The third kappa shape index (κ3) is 3.70. The number of hydrogen-bond donors (Lipinski definition) is 1. The van der Waals surface area contributed by atoms with Crippen molar-refractivity contribution in [2.75, 3.05) is 32.1 Å². The SMILES string of the molecule is Cc1nsc(NC(c2ccc(Cl)cc2)C2CN(C)CCO2)c1C#N. The van der Waals surface area contributed by atoms with Crippen molar-refractivity contribution in [3.05, 3.63) is 46.1 Å². The lowest BCUT2D eigenvalue weighted by Crippen LogP contribution is -2.44. The molecule has 24 heavy (non-hydrogen) atoms. The maximum Gasteiger partial charge on any atom is 0.128 e. The first-order valence-electron chi connectivity index (χ1n) is 7.77. The molecule has 0 amide bonds. The van der Waals surface area contributed by atoms with E-state index in [9.17, 15) is 5.26 Å². The molecule has 1 aromatic carbocycles. The normalized spacial score (nSPS) is 19.7. The Morgan fingerprint density at radius 1 is 1.46 bits per heavy atom. The standard InChI is InChI=1S/C17H19ClN4OS/c1-11-14(9-19)17(24-21-11)20-16(12-3-5-13(18)6-4-12)15-10-22(2)7-8-23-15/h3-6,15-16,20H,7-8,10H2,1-2H3. The zero-order valence-electron chi connectivity index (χ0n) is 13.6. The summed E-state index contributed by atoms with van der Waals surface area (Å²) in [6, 6.07) is 9.91. The molecule has 1 saturated heterocycles. The van der Waals surface area contributed by atoms with Crippen LogP contribution in [0, 0.1) is 18.3 Å². The van der Waals surface area contributed by atoms with Gasteiger partial charge in [0.1, 0.15) is 16.6 Å². The van der Waals surface area contributed by atoms with E-state index in [4.69, 9.17) is 16.3 Å². The second-order valence-corrected chi connectivity index (χ2v) is 7.14. The van der Waals surface area contributed by atoms with Gasteiger partial charge in [0.25, 0.3) is 0 Å². The Kier molecular flexibility index (Phi) is 5.36. The van der Waals surface area contributed by atoms with Crippen molar-refractivity contribution in [2.45, 2.75) is 19.1 Å². The van der Waals surface area contributed by atoms with Gasteiger partial charge in [-0.25, -0.2) is 0 Å². The van der Waals surface area contributed by atoms with Crippen LogP contribution < -0.4 is 5.32 Å². The molecule has 0 aliphatic carbocycles. The van der Waals surface area contributed by atoms with Crippen LogP contribution >= 0.6 is 23.1 Å². The van der Waals surface area contributed by atoms with Crippen LogP contribution in [0.5, 0.6) is 0 Å². The molecule has 7 heteroatoms. The highest BCUT2D eigenvalue weighted by atomic mass is 35.5. The highest BCUT2D eigenvalue weighted by molar-refractivity contribution is 7.10. The first kappa shape index (κ1) is 17.2. The van der Waals surface area contributed by atoms with Gasteiger partial charge in [-0.05, 0) is 43.2 Å². The maximum absolute atomic E-state index is 9.38. The van der Waals surface area contributed by atoms with E-state index in [0.717, 1.165) is 29.3 Å². The van der Waals surface area contributed by atoms with Crippen LogP contribution in [-0.4, -0.2) is 42.1 Å². The summed E-state index contributed by atoms with van der Waals surface area (Å²) in [6.45, 7) is 4.29. The molecule has 1 N–H and O–H groups in total. The number of anilines is 1. The van der Waals surface area contributed by atoms with E-state index in [0.29, 0.717) is 17.2 Å². The molecule has 2 heterocycles. The number of halogens is 1. The number of hydrogen-bond acceptors (Lipinski definition) is 6. The van der Waals surface area contributed by atoms with Crippen LogP contribution in [-0.2, 0) is 4.74 Å². The van der Waals surface area contributed by atoms with Crippen LogP contribution in [0.1, 0.15) is 22.9 Å². The number of aryl methyl sites for hydroxylation is 1. The molecule has 1 aliphatic heterocycles. The number of rotatable bonds is 4. The van der Waals surface area contributed by atoms with Gasteiger partial charge in [-0.1, -0.05) is 23.7 Å². The van der Waals surface area contributed by atoms with Gasteiger partial charge in [0, 0.05) is 18.1 Å². The highest BCUT2D eigenvalue weighted by Gasteiger charge is 2.29. The molecule has 0 bridgehead atoms. The first-order valence-corrected chi connectivity index (χ1v) is 8.92. The number of benzene rings is 1. The van der Waals surface area contributed by atoms with Crippen LogP contribution in [0.25, 0.3) is 0 Å². The predicted octanol–water partition coefficient (Wildman–Crippen LogP) is 3.46. The Labute approximate surface area is 151 Å². The van der Waals surface area contributed by atoms with E-state index in [-0.39, 0.29) is 12.1 Å². The summed E-state index contributed by atoms with van der Waals surface area (Å²) in [5.74, 6) is 0. The number of nitriles is 1. The summed E-state index contributed by atoms with van der Waals surface area (Å²) in [5.41, 5.74) is 2.43. The van der Waals surface area contributed by atoms with E-state index in [2.05, 4.69) is 27.7 Å². The Bertz CT molecular complexity index is 740. The average Bonchev–Trinajstić information content (AvgIpc) is 2.93. The van der Waals surface area contributed by atoms with Crippen molar-refractivity contribution in [2.24, 2.45) is 0 Å². The van der Waals surface area contributed by atoms with E-state index >= 15 is 0 Å². The fraction of sp³-hybridized carbons (Fsp3) is 0.412. The van der Waals surface area contributed by atoms with Crippen LogP contribution in [0.4, 0.5) is 5.00 Å². The average molecular weight is 363 g/mol. The van der Waals surface area contributed by atoms with Crippen molar-refractivity contribution in [1.29, 1.82) is 5.26 Å². The summed E-state index contributed by atoms with van der Waals surface area (Å²) >= 11 is 7.34. The number of morpholine rings is 1. The molecule has 1 aliphatic rings. The van der Waals surface area contributed by atoms with Crippen molar-refractivity contribution >= 4 is 28.1 Å². The molecule has 0 spiro atoms. The number of ether oxygens (including phenoxy) is 1. The largest absolute Gasteiger partial charge is 0.373 e. The lowest BCUT2D eigenvalue weighted by atomic mass is 10.00. The van der Waals surface area contributed by atoms with Gasteiger partial charge in [-0.3, -0.25) is 0 Å². The molecule has 0 saturated carbocycles. The van der Waals surface area contributed by atoms with Crippen molar-refractivity contribution in [3.63, 3.8) is 0 Å². The van der Waals surface area contributed by atoms with Gasteiger partial charge in [-0.15, -0.1) is 0 Å².